The van der Waals surface area contributed by atoms with Crippen LogP contribution in [0.4, 0.5) is 4.39 Å². The summed E-state index contributed by atoms with van der Waals surface area (Å²) in [4.78, 5) is 3.86. The Bertz CT molecular complexity index is 675. The Hall–Kier alpha value is -1.79. The lowest BCUT2D eigenvalue weighted by molar-refractivity contribution is 0.423. The average molecular weight is 294 g/mol. The Morgan fingerprint density at radius 1 is 1.20 bits per heavy atom. The van der Waals surface area contributed by atoms with Crippen LogP contribution in [-0.4, -0.2) is 24.3 Å². The highest BCUT2D eigenvalue weighted by molar-refractivity contribution is 7.89. The third-order valence-corrected chi connectivity index (χ3v) is 4.81. The Labute approximate surface area is 117 Å². The van der Waals surface area contributed by atoms with Gasteiger partial charge in [0.05, 0.1) is 4.90 Å². The van der Waals surface area contributed by atoms with Crippen molar-refractivity contribution in [2.24, 2.45) is 0 Å². The van der Waals surface area contributed by atoms with Crippen LogP contribution in [0.1, 0.15) is 12.5 Å². The first-order valence-corrected chi connectivity index (χ1v) is 7.62. The van der Waals surface area contributed by atoms with Crippen molar-refractivity contribution in [2.45, 2.75) is 18.4 Å². The predicted molar refractivity (Wildman–Crippen MR) is 73.9 cm³/mol. The van der Waals surface area contributed by atoms with Gasteiger partial charge in [0.1, 0.15) is 5.82 Å². The van der Waals surface area contributed by atoms with E-state index in [2.05, 4.69) is 4.98 Å². The van der Waals surface area contributed by atoms with Crippen LogP contribution in [0.2, 0.25) is 0 Å². The van der Waals surface area contributed by atoms with Gasteiger partial charge in [-0.05, 0) is 35.9 Å². The molecule has 0 aliphatic carbocycles. The molecule has 2 aromatic rings. The van der Waals surface area contributed by atoms with Gasteiger partial charge in [-0.3, -0.25) is 4.98 Å². The SMILES string of the molecule is CCN(Cc1ccncc1)S(=O)(=O)c1cccc(F)c1. The quantitative estimate of drug-likeness (QED) is 0.851. The maximum atomic E-state index is 13.2. The molecule has 0 radical (unpaired) electrons. The maximum Gasteiger partial charge on any atom is 0.243 e. The summed E-state index contributed by atoms with van der Waals surface area (Å²) in [6.45, 7) is 2.29. The number of hydrogen-bond donors (Lipinski definition) is 0. The first kappa shape index (κ1) is 14.6. The Kier molecular flexibility index (Phi) is 4.46. The van der Waals surface area contributed by atoms with Gasteiger partial charge in [-0.15, -0.1) is 0 Å². The van der Waals surface area contributed by atoms with Gasteiger partial charge < -0.3 is 0 Å². The van der Waals surface area contributed by atoms with E-state index in [-0.39, 0.29) is 11.4 Å². The zero-order chi connectivity index (χ0) is 14.6. The highest BCUT2D eigenvalue weighted by Crippen LogP contribution is 2.18. The molecule has 0 saturated carbocycles. The Balaban J connectivity index is 2.31. The zero-order valence-corrected chi connectivity index (χ0v) is 11.8. The first-order chi connectivity index (χ1) is 9.54. The summed E-state index contributed by atoms with van der Waals surface area (Å²) in [5.74, 6) is -0.564. The van der Waals surface area contributed by atoms with Gasteiger partial charge in [0.25, 0.3) is 0 Å². The van der Waals surface area contributed by atoms with Crippen LogP contribution in [-0.2, 0) is 16.6 Å². The van der Waals surface area contributed by atoms with Crippen molar-refractivity contribution in [2.75, 3.05) is 6.54 Å². The molecule has 0 N–H and O–H groups in total. The van der Waals surface area contributed by atoms with Crippen molar-refractivity contribution in [1.82, 2.24) is 9.29 Å². The van der Waals surface area contributed by atoms with E-state index in [0.29, 0.717) is 6.54 Å². The molecule has 2 rings (SSSR count). The molecule has 1 aromatic carbocycles. The molecule has 0 saturated heterocycles. The molecule has 0 aliphatic rings. The largest absolute Gasteiger partial charge is 0.265 e. The van der Waals surface area contributed by atoms with E-state index >= 15 is 0 Å². The molecule has 6 heteroatoms. The summed E-state index contributed by atoms with van der Waals surface area (Å²) in [6, 6.07) is 8.55. The van der Waals surface area contributed by atoms with Gasteiger partial charge in [-0.25, -0.2) is 12.8 Å². The van der Waals surface area contributed by atoms with Crippen molar-refractivity contribution in [3.63, 3.8) is 0 Å². The number of benzene rings is 1. The number of rotatable bonds is 5. The van der Waals surface area contributed by atoms with Crippen molar-refractivity contribution in [1.29, 1.82) is 0 Å². The molecule has 0 unspecified atom stereocenters. The highest BCUT2D eigenvalue weighted by atomic mass is 32.2. The summed E-state index contributed by atoms with van der Waals surface area (Å²) in [6.07, 6.45) is 3.22. The smallest absolute Gasteiger partial charge is 0.243 e. The Morgan fingerprint density at radius 2 is 1.90 bits per heavy atom. The second kappa shape index (κ2) is 6.11. The molecular formula is C14H15FN2O2S. The number of nitrogens with zero attached hydrogens (tertiary/aromatic N) is 2. The van der Waals surface area contributed by atoms with E-state index < -0.39 is 15.8 Å². The second-order valence-corrected chi connectivity index (χ2v) is 6.18. The second-order valence-electron chi connectivity index (χ2n) is 4.24. The molecule has 0 bridgehead atoms. The molecular weight excluding hydrogens is 279 g/mol. The number of pyridine rings is 1. The van der Waals surface area contributed by atoms with E-state index in [1.54, 1.807) is 31.5 Å². The van der Waals surface area contributed by atoms with Crippen molar-refractivity contribution < 1.29 is 12.8 Å². The molecule has 1 heterocycles. The first-order valence-electron chi connectivity index (χ1n) is 6.18. The summed E-state index contributed by atoms with van der Waals surface area (Å²) in [7, 11) is -3.70. The topological polar surface area (TPSA) is 50.3 Å². The zero-order valence-electron chi connectivity index (χ0n) is 11.0. The minimum absolute atomic E-state index is 0.0339. The van der Waals surface area contributed by atoms with E-state index in [9.17, 15) is 12.8 Å². The highest BCUT2D eigenvalue weighted by Gasteiger charge is 2.23. The number of sulfonamides is 1. The standard InChI is InChI=1S/C14H15FN2O2S/c1-2-17(11-12-6-8-16-9-7-12)20(18,19)14-5-3-4-13(15)10-14/h3-10H,2,11H2,1H3. The summed E-state index contributed by atoms with van der Waals surface area (Å²) in [5.41, 5.74) is 0.835. The fraction of sp³-hybridized carbons (Fsp3) is 0.214. The minimum Gasteiger partial charge on any atom is -0.265 e. The molecule has 20 heavy (non-hydrogen) atoms. The third-order valence-electron chi connectivity index (χ3n) is 2.89. The third kappa shape index (κ3) is 3.20. The molecule has 0 aliphatic heterocycles. The minimum atomic E-state index is -3.70. The van der Waals surface area contributed by atoms with Crippen LogP contribution in [0.5, 0.6) is 0 Å². The van der Waals surface area contributed by atoms with Crippen molar-refractivity contribution in [3.8, 4) is 0 Å². The number of halogens is 1. The van der Waals surface area contributed by atoms with Crippen LogP contribution >= 0.6 is 0 Å². The average Bonchev–Trinajstić information content (AvgIpc) is 2.45. The maximum absolute atomic E-state index is 13.2. The van der Waals surface area contributed by atoms with Gasteiger partial charge >= 0.3 is 0 Å². The molecule has 0 spiro atoms. The van der Waals surface area contributed by atoms with Crippen LogP contribution in [0.3, 0.4) is 0 Å². The Morgan fingerprint density at radius 3 is 2.50 bits per heavy atom. The van der Waals surface area contributed by atoms with Gasteiger partial charge in [-0.2, -0.15) is 4.31 Å². The monoisotopic (exact) mass is 294 g/mol. The molecule has 0 fully saturated rings. The molecule has 4 nitrogen and oxygen atoms in total. The van der Waals surface area contributed by atoms with E-state index in [4.69, 9.17) is 0 Å². The lowest BCUT2D eigenvalue weighted by atomic mass is 10.3. The molecule has 106 valence electrons. The van der Waals surface area contributed by atoms with Gasteiger partial charge in [-0.1, -0.05) is 13.0 Å². The van der Waals surface area contributed by atoms with E-state index in [1.165, 1.54) is 22.5 Å². The summed E-state index contributed by atoms with van der Waals surface area (Å²) in [5, 5.41) is 0. The number of aromatic nitrogens is 1. The summed E-state index contributed by atoms with van der Waals surface area (Å²) < 4.78 is 39.4. The molecule has 0 amide bonds. The van der Waals surface area contributed by atoms with Crippen LogP contribution < -0.4 is 0 Å². The van der Waals surface area contributed by atoms with Crippen LogP contribution in [0, 0.1) is 5.82 Å². The fourth-order valence-electron chi connectivity index (χ4n) is 1.84. The predicted octanol–water partition coefficient (Wildman–Crippen LogP) is 2.43. The normalized spacial score (nSPS) is 11.8. The molecule has 0 atom stereocenters. The fourth-order valence-corrected chi connectivity index (χ4v) is 3.30. The van der Waals surface area contributed by atoms with Gasteiger partial charge in [0, 0.05) is 25.5 Å². The lowest BCUT2D eigenvalue weighted by Crippen LogP contribution is -2.30. The number of hydrogen-bond acceptors (Lipinski definition) is 3. The van der Waals surface area contributed by atoms with Gasteiger partial charge in [0.15, 0.2) is 0 Å². The van der Waals surface area contributed by atoms with Crippen molar-refractivity contribution >= 4 is 10.0 Å². The van der Waals surface area contributed by atoms with Crippen LogP contribution in [0.25, 0.3) is 0 Å². The van der Waals surface area contributed by atoms with Crippen molar-refractivity contribution in [3.05, 3.63) is 60.2 Å². The van der Waals surface area contributed by atoms with Gasteiger partial charge in [0.2, 0.25) is 10.0 Å². The lowest BCUT2D eigenvalue weighted by Gasteiger charge is -2.20. The summed E-state index contributed by atoms with van der Waals surface area (Å²) >= 11 is 0. The molecule has 1 aromatic heterocycles. The van der Waals surface area contributed by atoms with Crippen LogP contribution in [0.15, 0.2) is 53.7 Å². The van der Waals surface area contributed by atoms with E-state index in [0.717, 1.165) is 11.6 Å². The van der Waals surface area contributed by atoms with E-state index in [1.807, 2.05) is 0 Å².